The number of hydrogen-bond acceptors (Lipinski definition) is 7. The lowest BCUT2D eigenvalue weighted by Gasteiger charge is -2.16. The van der Waals surface area contributed by atoms with Crippen molar-refractivity contribution in [3.8, 4) is 0 Å². The zero-order chi connectivity index (χ0) is 21.4. The Morgan fingerprint density at radius 1 is 0.821 bits per heavy atom. The van der Waals surface area contributed by atoms with Gasteiger partial charge in [0.2, 0.25) is 0 Å². The Labute approximate surface area is 169 Å². The van der Waals surface area contributed by atoms with Crippen LogP contribution < -0.4 is 5.32 Å². The van der Waals surface area contributed by atoms with Gasteiger partial charge in [0.25, 0.3) is 17.1 Å². The largest absolute Gasteiger partial charge is 0.418 e. The fraction of sp³-hybridized carbons (Fsp3) is 0.0769. The molecule has 2 aromatic rings. The minimum absolute atomic E-state index is 0.0747. The molecule has 0 fully saturated rings. The van der Waals surface area contributed by atoms with Crippen LogP contribution in [0.4, 0.5) is 41.6 Å². The van der Waals surface area contributed by atoms with Crippen LogP contribution in [-0.2, 0) is 6.18 Å². The van der Waals surface area contributed by atoms with Crippen molar-refractivity contribution >= 4 is 60.3 Å². The Balaban J connectivity index is 2.85. The summed E-state index contributed by atoms with van der Waals surface area (Å²) in [4.78, 5) is 29.9. The third-order valence-corrected chi connectivity index (χ3v) is 4.38. The third kappa shape index (κ3) is 4.36. The predicted molar refractivity (Wildman–Crippen MR) is 96.5 cm³/mol. The average Bonchev–Trinajstić information content (AvgIpc) is 2.55. The molecule has 0 bridgehead atoms. The number of benzene rings is 2. The number of alkyl halides is 3. The summed E-state index contributed by atoms with van der Waals surface area (Å²) >= 11 is 5.93. The number of nitrogens with zero attached hydrogens (tertiary/aromatic N) is 3. The number of hydrogen-bond donors (Lipinski definition) is 1. The maximum atomic E-state index is 13.4. The number of non-ortho nitro benzene ring substituents is 1. The van der Waals surface area contributed by atoms with E-state index in [0.717, 1.165) is 6.07 Å². The highest BCUT2D eigenvalue weighted by Gasteiger charge is 2.40. The maximum absolute atomic E-state index is 13.4. The molecule has 0 radical (unpaired) electrons. The molecule has 0 aliphatic carbocycles. The number of halogens is 5. The van der Waals surface area contributed by atoms with Gasteiger partial charge in [-0.3, -0.25) is 30.3 Å². The molecule has 1 N–H and O–H groups in total. The lowest BCUT2D eigenvalue weighted by atomic mass is 10.1. The van der Waals surface area contributed by atoms with Crippen LogP contribution in [0.2, 0.25) is 0 Å². The van der Waals surface area contributed by atoms with Crippen LogP contribution in [0.3, 0.4) is 0 Å². The second-order valence-electron chi connectivity index (χ2n) is 5.06. The third-order valence-electron chi connectivity index (χ3n) is 3.30. The summed E-state index contributed by atoms with van der Waals surface area (Å²) in [5.74, 6) is 0. The Kier molecular flexibility index (Phi) is 5.88. The highest BCUT2D eigenvalue weighted by Crippen LogP contribution is 2.46. The molecule has 0 unspecified atom stereocenters. The summed E-state index contributed by atoms with van der Waals surface area (Å²) in [6.07, 6.45) is -5.23. The van der Waals surface area contributed by atoms with E-state index in [1.807, 2.05) is 5.32 Å². The predicted octanol–water partition coefficient (Wildman–Crippen LogP) is 5.70. The van der Waals surface area contributed by atoms with Gasteiger partial charge in [-0.15, -0.1) is 0 Å². The molecule has 148 valence electrons. The highest BCUT2D eigenvalue weighted by atomic mass is 79.9. The number of anilines is 2. The molecule has 2 rings (SSSR count). The van der Waals surface area contributed by atoms with Crippen molar-refractivity contribution in [1.82, 2.24) is 0 Å². The first-order chi connectivity index (χ1) is 12.8. The van der Waals surface area contributed by atoms with E-state index in [-0.39, 0.29) is 15.0 Å². The van der Waals surface area contributed by atoms with Crippen LogP contribution in [0.1, 0.15) is 5.56 Å². The first-order valence-electron chi connectivity index (χ1n) is 6.77. The molecule has 15 heteroatoms. The van der Waals surface area contributed by atoms with E-state index in [4.69, 9.17) is 0 Å². The van der Waals surface area contributed by atoms with Crippen LogP contribution in [-0.4, -0.2) is 14.8 Å². The Morgan fingerprint density at radius 3 is 1.82 bits per heavy atom. The molecule has 0 aliphatic heterocycles. The van der Waals surface area contributed by atoms with Gasteiger partial charge in [0.1, 0.15) is 11.4 Å². The topological polar surface area (TPSA) is 141 Å². The van der Waals surface area contributed by atoms with Gasteiger partial charge in [0.05, 0.1) is 26.4 Å². The van der Waals surface area contributed by atoms with Crippen molar-refractivity contribution in [2.45, 2.75) is 6.18 Å². The number of nitro groups is 3. The monoisotopic (exact) mass is 528 g/mol. The number of nitro benzene ring substituents is 3. The van der Waals surface area contributed by atoms with Gasteiger partial charge in [-0.05, 0) is 22.0 Å². The number of rotatable bonds is 5. The van der Waals surface area contributed by atoms with Crippen molar-refractivity contribution in [1.29, 1.82) is 0 Å². The van der Waals surface area contributed by atoms with Crippen LogP contribution in [0, 0.1) is 30.3 Å². The van der Waals surface area contributed by atoms with Crippen LogP contribution in [0.5, 0.6) is 0 Å². The lowest BCUT2D eigenvalue weighted by molar-refractivity contribution is -0.394. The van der Waals surface area contributed by atoms with E-state index in [1.54, 1.807) is 0 Å². The van der Waals surface area contributed by atoms with Gasteiger partial charge in [0.15, 0.2) is 0 Å². The molecule has 0 atom stereocenters. The van der Waals surface area contributed by atoms with Gasteiger partial charge in [-0.2, -0.15) is 13.2 Å². The number of nitrogens with one attached hydrogen (secondary N) is 1. The first kappa shape index (κ1) is 21.5. The summed E-state index contributed by atoms with van der Waals surface area (Å²) in [6, 6.07) is 2.67. The molecule has 0 aromatic heterocycles. The standard InChI is InChI=1S/C13H5Br2F3N4O6/c14-5-1-8(15)12(9(2-5)21(25)26)19-11-7(13(16,17)18)3-6(20(23)24)4-10(11)22(27)28/h1-4,19H. The van der Waals surface area contributed by atoms with E-state index >= 15 is 0 Å². The van der Waals surface area contributed by atoms with Crippen molar-refractivity contribution in [2.24, 2.45) is 0 Å². The first-order valence-corrected chi connectivity index (χ1v) is 8.36. The molecule has 0 aliphatic rings. The van der Waals surface area contributed by atoms with Crippen LogP contribution in [0.15, 0.2) is 33.2 Å². The zero-order valence-corrected chi connectivity index (χ0v) is 16.2. The summed E-state index contributed by atoms with van der Waals surface area (Å²) in [7, 11) is 0. The molecule has 0 saturated heterocycles. The van der Waals surface area contributed by atoms with E-state index in [2.05, 4.69) is 31.9 Å². The summed E-state index contributed by atoms with van der Waals surface area (Å²) in [5, 5.41) is 35.4. The van der Waals surface area contributed by atoms with Gasteiger partial charge in [-0.25, -0.2) is 0 Å². The molecule has 28 heavy (non-hydrogen) atoms. The molecule has 0 amide bonds. The summed E-state index contributed by atoms with van der Waals surface area (Å²) < 4.78 is 40.4. The molecular formula is C13H5Br2F3N4O6. The van der Waals surface area contributed by atoms with Gasteiger partial charge < -0.3 is 5.32 Å². The van der Waals surface area contributed by atoms with E-state index < -0.39 is 54.9 Å². The minimum atomic E-state index is -5.23. The van der Waals surface area contributed by atoms with E-state index in [9.17, 15) is 43.5 Å². The smallest absolute Gasteiger partial charge is 0.343 e. The highest BCUT2D eigenvalue weighted by molar-refractivity contribution is 9.11. The fourth-order valence-corrected chi connectivity index (χ4v) is 3.47. The molecule has 0 saturated carbocycles. The fourth-order valence-electron chi connectivity index (χ4n) is 2.17. The normalized spacial score (nSPS) is 11.2. The van der Waals surface area contributed by atoms with E-state index in [0.29, 0.717) is 6.07 Å². The Morgan fingerprint density at radius 2 is 1.36 bits per heavy atom. The molecule has 0 heterocycles. The van der Waals surface area contributed by atoms with Gasteiger partial charge in [-0.1, -0.05) is 15.9 Å². The molecule has 0 spiro atoms. The zero-order valence-electron chi connectivity index (χ0n) is 13.0. The lowest BCUT2D eigenvalue weighted by Crippen LogP contribution is -2.12. The van der Waals surface area contributed by atoms with Crippen molar-refractivity contribution in [2.75, 3.05) is 5.32 Å². The van der Waals surface area contributed by atoms with Crippen molar-refractivity contribution in [3.05, 3.63) is 69.1 Å². The Hall–Kier alpha value is -2.81. The van der Waals surface area contributed by atoms with Crippen molar-refractivity contribution < 1.29 is 27.9 Å². The second kappa shape index (κ2) is 7.67. The Bertz CT molecular complexity index is 1010. The average molecular weight is 530 g/mol. The van der Waals surface area contributed by atoms with Crippen LogP contribution >= 0.6 is 31.9 Å². The second-order valence-corrected chi connectivity index (χ2v) is 6.83. The summed E-state index contributed by atoms with van der Waals surface area (Å²) in [5.41, 5.74) is -6.52. The summed E-state index contributed by atoms with van der Waals surface area (Å²) in [6.45, 7) is 0. The maximum Gasteiger partial charge on any atom is 0.418 e. The van der Waals surface area contributed by atoms with Crippen molar-refractivity contribution in [3.63, 3.8) is 0 Å². The van der Waals surface area contributed by atoms with Gasteiger partial charge >= 0.3 is 6.18 Å². The minimum Gasteiger partial charge on any atom is -0.343 e. The van der Waals surface area contributed by atoms with Crippen LogP contribution in [0.25, 0.3) is 0 Å². The van der Waals surface area contributed by atoms with Gasteiger partial charge in [0, 0.05) is 21.1 Å². The van der Waals surface area contributed by atoms with E-state index in [1.165, 1.54) is 6.07 Å². The molecule has 10 nitrogen and oxygen atoms in total. The molecule has 2 aromatic carbocycles. The quantitative estimate of drug-likeness (QED) is 0.386. The SMILES string of the molecule is O=[N+]([O-])c1cc([N+](=O)[O-])c(Nc2c(Br)cc(Br)cc2[N+](=O)[O-])c(C(F)(F)F)c1. The molecular weight excluding hydrogens is 525 g/mol.